The van der Waals surface area contributed by atoms with Crippen LogP contribution in [-0.2, 0) is 9.53 Å². The number of hydrogen-bond acceptors (Lipinski definition) is 4. The van der Waals surface area contributed by atoms with Gasteiger partial charge in [0.05, 0.1) is 17.4 Å². The van der Waals surface area contributed by atoms with Gasteiger partial charge in [0, 0.05) is 12.7 Å². The van der Waals surface area contributed by atoms with E-state index in [1.165, 1.54) is 0 Å². The quantitative estimate of drug-likeness (QED) is 0.777. The van der Waals surface area contributed by atoms with E-state index >= 15 is 0 Å². The Morgan fingerprint density at radius 1 is 1.33 bits per heavy atom. The topological polar surface area (TPSA) is 71.3 Å². The standard InChI is InChI=1S/C19H28N2O3/c1-7-23-19(6,11-13(2)3)18(22)21-17-9-8-16(24-14(4)5)10-15(17)12-20/h8-10,13-14H,7,11H2,1-6H3,(H,21,22). The van der Waals surface area contributed by atoms with E-state index in [9.17, 15) is 10.1 Å². The number of hydrogen-bond donors (Lipinski definition) is 1. The molecule has 0 spiro atoms. The van der Waals surface area contributed by atoms with Gasteiger partial charge < -0.3 is 14.8 Å². The third-order valence-electron chi connectivity index (χ3n) is 3.47. The lowest BCUT2D eigenvalue weighted by Gasteiger charge is -2.30. The number of nitrogens with zero attached hydrogens (tertiary/aromatic N) is 1. The fourth-order valence-electron chi connectivity index (χ4n) is 2.64. The maximum Gasteiger partial charge on any atom is 0.256 e. The van der Waals surface area contributed by atoms with E-state index in [-0.39, 0.29) is 12.0 Å². The van der Waals surface area contributed by atoms with Crippen LogP contribution in [0.25, 0.3) is 0 Å². The summed E-state index contributed by atoms with van der Waals surface area (Å²) in [7, 11) is 0. The molecule has 5 nitrogen and oxygen atoms in total. The number of nitrogens with one attached hydrogen (secondary N) is 1. The second-order valence-corrected chi connectivity index (χ2v) is 6.70. The molecule has 0 heterocycles. The molecular formula is C19H28N2O3. The SMILES string of the molecule is CCOC(C)(CC(C)C)C(=O)Nc1ccc(OC(C)C)cc1C#N. The molecule has 0 saturated heterocycles. The summed E-state index contributed by atoms with van der Waals surface area (Å²) in [5.74, 6) is 0.672. The van der Waals surface area contributed by atoms with Gasteiger partial charge in [-0.3, -0.25) is 4.79 Å². The van der Waals surface area contributed by atoms with Crippen LogP contribution in [0.2, 0.25) is 0 Å². The van der Waals surface area contributed by atoms with Gasteiger partial charge in [-0.2, -0.15) is 5.26 Å². The van der Waals surface area contributed by atoms with Crippen LogP contribution in [0.15, 0.2) is 18.2 Å². The highest BCUT2D eigenvalue weighted by Gasteiger charge is 2.35. The highest BCUT2D eigenvalue weighted by atomic mass is 16.5. The monoisotopic (exact) mass is 332 g/mol. The number of anilines is 1. The van der Waals surface area contributed by atoms with Crippen molar-refractivity contribution in [2.24, 2.45) is 5.92 Å². The van der Waals surface area contributed by atoms with Gasteiger partial charge in [0.1, 0.15) is 17.4 Å². The average Bonchev–Trinajstić information content (AvgIpc) is 2.47. The molecule has 0 fully saturated rings. The lowest BCUT2D eigenvalue weighted by molar-refractivity contribution is -0.140. The van der Waals surface area contributed by atoms with Crippen LogP contribution < -0.4 is 10.1 Å². The Balaban J connectivity index is 3.01. The van der Waals surface area contributed by atoms with Gasteiger partial charge in [-0.25, -0.2) is 0 Å². The van der Waals surface area contributed by atoms with Crippen molar-refractivity contribution < 1.29 is 14.3 Å². The van der Waals surface area contributed by atoms with Crippen LogP contribution in [-0.4, -0.2) is 24.2 Å². The predicted octanol–water partition coefficient (Wildman–Crippen LogP) is 4.13. The molecule has 0 aliphatic carbocycles. The van der Waals surface area contributed by atoms with Crippen LogP contribution in [0.4, 0.5) is 5.69 Å². The molecule has 0 aliphatic heterocycles. The van der Waals surface area contributed by atoms with Crippen LogP contribution in [0.1, 0.15) is 53.5 Å². The first-order chi connectivity index (χ1) is 11.2. The van der Waals surface area contributed by atoms with E-state index in [0.29, 0.717) is 35.9 Å². The molecule has 0 saturated carbocycles. The highest BCUT2D eigenvalue weighted by molar-refractivity contribution is 5.98. The van der Waals surface area contributed by atoms with Crippen LogP contribution in [0, 0.1) is 17.2 Å². The molecule has 0 bridgehead atoms. The number of rotatable bonds is 8. The van der Waals surface area contributed by atoms with E-state index in [1.54, 1.807) is 25.1 Å². The number of nitriles is 1. The van der Waals surface area contributed by atoms with Gasteiger partial charge in [-0.05, 0) is 52.2 Å². The Bertz CT molecular complexity index is 605. The minimum Gasteiger partial charge on any atom is -0.491 e. The summed E-state index contributed by atoms with van der Waals surface area (Å²) in [6, 6.07) is 7.18. The van der Waals surface area contributed by atoms with Crippen molar-refractivity contribution in [3.8, 4) is 11.8 Å². The van der Waals surface area contributed by atoms with E-state index in [2.05, 4.69) is 11.4 Å². The Labute approximate surface area is 145 Å². The van der Waals surface area contributed by atoms with Crippen molar-refractivity contribution in [1.29, 1.82) is 5.26 Å². The van der Waals surface area contributed by atoms with Crippen LogP contribution in [0.5, 0.6) is 5.75 Å². The van der Waals surface area contributed by atoms with Gasteiger partial charge in [0.25, 0.3) is 5.91 Å². The maximum absolute atomic E-state index is 12.7. The molecule has 24 heavy (non-hydrogen) atoms. The van der Waals surface area contributed by atoms with Gasteiger partial charge in [0.2, 0.25) is 0 Å². The van der Waals surface area contributed by atoms with E-state index < -0.39 is 5.60 Å². The van der Waals surface area contributed by atoms with Crippen molar-refractivity contribution in [3.63, 3.8) is 0 Å². The lowest BCUT2D eigenvalue weighted by Crippen LogP contribution is -2.44. The molecule has 0 aromatic heterocycles. The zero-order chi connectivity index (χ0) is 18.3. The summed E-state index contributed by atoms with van der Waals surface area (Å²) in [6.45, 7) is 12.0. The minimum absolute atomic E-state index is 0.0178. The fraction of sp³-hybridized carbons (Fsp3) is 0.579. The van der Waals surface area contributed by atoms with Crippen molar-refractivity contribution in [2.45, 2.75) is 59.7 Å². The molecule has 5 heteroatoms. The largest absolute Gasteiger partial charge is 0.491 e. The average molecular weight is 332 g/mol. The van der Waals surface area contributed by atoms with E-state index in [0.717, 1.165) is 0 Å². The molecule has 132 valence electrons. The van der Waals surface area contributed by atoms with Crippen LogP contribution >= 0.6 is 0 Å². The molecular weight excluding hydrogens is 304 g/mol. The Kier molecular flexibility index (Phi) is 7.24. The van der Waals surface area contributed by atoms with Gasteiger partial charge in [0.15, 0.2) is 0 Å². The summed E-state index contributed by atoms with van der Waals surface area (Å²) >= 11 is 0. The molecule has 1 rings (SSSR count). The number of ether oxygens (including phenoxy) is 2. The Morgan fingerprint density at radius 2 is 2.00 bits per heavy atom. The van der Waals surface area contributed by atoms with Gasteiger partial charge in [-0.1, -0.05) is 13.8 Å². The number of benzene rings is 1. The van der Waals surface area contributed by atoms with Gasteiger partial charge >= 0.3 is 0 Å². The Hall–Kier alpha value is -2.06. The zero-order valence-corrected chi connectivity index (χ0v) is 15.5. The lowest BCUT2D eigenvalue weighted by atomic mass is 9.93. The van der Waals surface area contributed by atoms with Crippen molar-refractivity contribution in [1.82, 2.24) is 0 Å². The van der Waals surface area contributed by atoms with E-state index in [4.69, 9.17) is 9.47 Å². The number of carbonyl (C=O) groups excluding carboxylic acids is 1. The second-order valence-electron chi connectivity index (χ2n) is 6.70. The Morgan fingerprint density at radius 3 is 2.50 bits per heavy atom. The summed E-state index contributed by atoms with van der Waals surface area (Å²) in [4.78, 5) is 12.7. The summed E-state index contributed by atoms with van der Waals surface area (Å²) < 4.78 is 11.3. The molecule has 0 aliphatic rings. The molecule has 0 radical (unpaired) electrons. The van der Waals surface area contributed by atoms with E-state index in [1.807, 2.05) is 34.6 Å². The first-order valence-corrected chi connectivity index (χ1v) is 8.38. The summed E-state index contributed by atoms with van der Waals surface area (Å²) in [6.07, 6.45) is 0.618. The molecule has 1 aromatic rings. The first-order valence-electron chi connectivity index (χ1n) is 8.38. The normalized spacial score (nSPS) is 13.5. The molecule has 1 atom stereocenters. The smallest absolute Gasteiger partial charge is 0.256 e. The van der Waals surface area contributed by atoms with Crippen molar-refractivity contribution in [3.05, 3.63) is 23.8 Å². The molecule has 1 unspecified atom stereocenters. The third-order valence-corrected chi connectivity index (χ3v) is 3.47. The van der Waals surface area contributed by atoms with Crippen LogP contribution in [0.3, 0.4) is 0 Å². The predicted molar refractivity (Wildman–Crippen MR) is 95.0 cm³/mol. The number of carbonyl (C=O) groups is 1. The number of amides is 1. The minimum atomic E-state index is -0.928. The summed E-state index contributed by atoms with van der Waals surface area (Å²) in [5.41, 5.74) is -0.0962. The fourth-order valence-corrected chi connectivity index (χ4v) is 2.64. The maximum atomic E-state index is 12.7. The summed E-state index contributed by atoms with van der Waals surface area (Å²) in [5, 5.41) is 12.2. The van der Waals surface area contributed by atoms with Crippen molar-refractivity contribution >= 4 is 11.6 Å². The van der Waals surface area contributed by atoms with Crippen molar-refractivity contribution in [2.75, 3.05) is 11.9 Å². The highest BCUT2D eigenvalue weighted by Crippen LogP contribution is 2.26. The van der Waals surface area contributed by atoms with Gasteiger partial charge in [-0.15, -0.1) is 0 Å². The third kappa shape index (κ3) is 5.54. The second kappa shape index (κ2) is 8.70. The molecule has 1 aromatic carbocycles. The molecule has 1 N–H and O–H groups in total. The first kappa shape index (κ1) is 20.0. The molecule has 1 amide bonds. The zero-order valence-electron chi connectivity index (χ0n) is 15.5.